The Balaban J connectivity index is 2.61. The Hall–Kier alpha value is -0.460. The van der Waals surface area contributed by atoms with Gasteiger partial charge in [0.1, 0.15) is 0 Å². The number of hydrogen-bond donors (Lipinski definition) is 1. The number of thiazole rings is 1. The summed E-state index contributed by atoms with van der Waals surface area (Å²) in [5, 5.41) is 10.5. The minimum Gasteiger partial charge on any atom is -0.479 e. The number of methoxy groups -OCH3 is 1. The first-order valence-electron chi connectivity index (χ1n) is 3.49. The van der Waals surface area contributed by atoms with Crippen molar-refractivity contribution in [3.63, 3.8) is 0 Å². The molecule has 1 atom stereocenters. The molecule has 1 heterocycles. The van der Waals surface area contributed by atoms with Crippen LogP contribution in [-0.2, 0) is 16.0 Å². The van der Waals surface area contributed by atoms with E-state index >= 15 is 0 Å². The lowest BCUT2D eigenvalue weighted by Crippen LogP contribution is -2.24. The van der Waals surface area contributed by atoms with E-state index in [4.69, 9.17) is 9.84 Å². The van der Waals surface area contributed by atoms with Crippen LogP contribution in [0.15, 0.2) is 9.30 Å². The number of ether oxygens (including phenoxy) is 1. The van der Waals surface area contributed by atoms with Gasteiger partial charge in [0, 0.05) is 18.9 Å². The van der Waals surface area contributed by atoms with Crippen molar-refractivity contribution in [2.24, 2.45) is 0 Å². The fourth-order valence-electron chi connectivity index (χ4n) is 0.837. The van der Waals surface area contributed by atoms with Crippen LogP contribution in [0.5, 0.6) is 0 Å². The van der Waals surface area contributed by atoms with Crippen LogP contribution in [0.1, 0.15) is 5.69 Å². The molecule has 1 aromatic heterocycles. The molecule has 0 aromatic carbocycles. The van der Waals surface area contributed by atoms with Crippen molar-refractivity contribution in [2.75, 3.05) is 7.11 Å². The van der Waals surface area contributed by atoms with Crippen molar-refractivity contribution in [3.8, 4) is 0 Å². The molecule has 72 valence electrons. The maximum atomic E-state index is 10.6. The van der Waals surface area contributed by atoms with Crippen LogP contribution < -0.4 is 0 Å². The molecule has 0 bridgehead atoms. The third kappa shape index (κ3) is 3.06. The second-order valence-corrected chi connectivity index (χ2v) is 4.49. The molecule has 1 aromatic rings. The van der Waals surface area contributed by atoms with E-state index in [-0.39, 0.29) is 0 Å². The van der Waals surface area contributed by atoms with Gasteiger partial charge in [-0.2, -0.15) is 0 Å². The maximum absolute atomic E-state index is 10.6. The molecule has 0 amide bonds. The summed E-state index contributed by atoms with van der Waals surface area (Å²) >= 11 is 4.63. The Morgan fingerprint density at radius 1 is 1.92 bits per heavy atom. The standard InChI is InChI=1S/C7H8BrNO3S/c1-12-5(6(10)11)2-4-3-13-7(8)9-4/h3,5H,2H2,1H3,(H,10,11). The highest BCUT2D eigenvalue weighted by atomic mass is 79.9. The highest BCUT2D eigenvalue weighted by Gasteiger charge is 2.18. The summed E-state index contributed by atoms with van der Waals surface area (Å²) in [4.78, 5) is 14.7. The molecule has 0 fully saturated rings. The fourth-order valence-corrected chi connectivity index (χ4v) is 1.90. The van der Waals surface area contributed by atoms with Gasteiger partial charge in [0.2, 0.25) is 0 Å². The highest BCUT2D eigenvalue weighted by Crippen LogP contribution is 2.17. The Bertz CT molecular complexity index is 302. The van der Waals surface area contributed by atoms with Crippen LogP contribution in [0.3, 0.4) is 0 Å². The molecule has 1 N–H and O–H groups in total. The SMILES string of the molecule is COC(Cc1csc(Br)n1)C(=O)O. The van der Waals surface area contributed by atoms with E-state index in [0.29, 0.717) is 6.42 Å². The molecular weight excluding hydrogens is 258 g/mol. The number of aromatic nitrogens is 1. The van der Waals surface area contributed by atoms with Crippen LogP contribution in [-0.4, -0.2) is 29.3 Å². The van der Waals surface area contributed by atoms with E-state index in [1.165, 1.54) is 18.4 Å². The Kier molecular flexibility index (Phi) is 3.83. The predicted octanol–water partition coefficient (Wildman–Crippen LogP) is 1.55. The molecule has 4 nitrogen and oxygen atoms in total. The monoisotopic (exact) mass is 265 g/mol. The molecule has 6 heteroatoms. The molecule has 0 radical (unpaired) electrons. The number of carbonyl (C=O) groups is 1. The lowest BCUT2D eigenvalue weighted by atomic mass is 10.2. The van der Waals surface area contributed by atoms with E-state index in [0.717, 1.165) is 9.61 Å². The molecule has 0 saturated carbocycles. The van der Waals surface area contributed by atoms with Crippen molar-refractivity contribution < 1.29 is 14.6 Å². The molecular formula is C7H8BrNO3S. The summed E-state index contributed by atoms with van der Waals surface area (Å²) in [6, 6.07) is 0. The lowest BCUT2D eigenvalue weighted by molar-refractivity contribution is -0.148. The topological polar surface area (TPSA) is 59.4 Å². The largest absolute Gasteiger partial charge is 0.479 e. The van der Waals surface area contributed by atoms with Gasteiger partial charge >= 0.3 is 5.97 Å². The second-order valence-electron chi connectivity index (χ2n) is 2.36. The number of aliphatic carboxylic acids is 1. The van der Waals surface area contributed by atoms with Crippen molar-refractivity contribution in [1.82, 2.24) is 4.98 Å². The van der Waals surface area contributed by atoms with Crippen molar-refractivity contribution in [3.05, 3.63) is 15.0 Å². The van der Waals surface area contributed by atoms with Crippen LogP contribution in [0, 0.1) is 0 Å². The third-order valence-electron chi connectivity index (χ3n) is 1.48. The van der Waals surface area contributed by atoms with Gasteiger partial charge in [-0.3, -0.25) is 0 Å². The zero-order valence-corrected chi connectivity index (χ0v) is 9.26. The molecule has 0 aliphatic heterocycles. The third-order valence-corrected chi connectivity index (χ3v) is 2.89. The van der Waals surface area contributed by atoms with Crippen molar-refractivity contribution >= 4 is 33.2 Å². The summed E-state index contributed by atoms with van der Waals surface area (Å²) in [7, 11) is 1.38. The molecule has 0 aliphatic rings. The highest BCUT2D eigenvalue weighted by molar-refractivity contribution is 9.11. The van der Waals surface area contributed by atoms with Gasteiger partial charge in [0.05, 0.1) is 5.69 Å². The van der Waals surface area contributed by atoms with Crippen molar-refractivity contribution in [1.29, 1.82) is 0 Å². The van der Waals surface area contributed by atoms with Gasteiger partial charge in [-0.25, -0.2) is 9.78 Å². The molecule has 0 saturated heterocycles. The van der Waals surface area contributed by atoms with E-state index in [9.17, 15) is 4.79 Å². The summed E-state index contributed by atoms with van der Waals surface area (Å²) in [5.74, 6) is -0.966. The Morgan fingerprint density at radius 2 is 2.62 bits per heavy atom. The summed E-state index contributed by atoms with van der Waals surface area (Å²) < 4.78 is 5.53. The Labute approximate surface area is 87.7 Å². The minimum atomic E-state index is -0.966. The zero-order chi connectivity index (χ0) is 9.84. The first-order chi connectivity index (χ1) is 6.13. The predicted molar refractivity (Wildman–Crippen MR) is 52.0 cm³/mol. The lowest BCUT2D eigenvalue weighted by Gasteiger charge is -2.07. The zero-order valence-electron chi connectivity index (χ0n) is 6.86. The van der Waals surface area contributed by atoms with Gasteiger partial charge in [-0.05, 0) is 15.9 Å². The molecule has 13 heavy (non-hydrogen) atoms. The second kappa shape index (κ2) is 4.69. The number of nitrogens with zero attached hydrogens (tertiary/aromatic N) is 1. The minimum absolute atomic E-state index is 0.300. The van der Waals surface area contributed by atoms with E-state index in [1.54, 1.807) is 5.38 Å². The average Bonchev–Trinajstić information content (AvgIpc) is 2.46. The number of hydrogen-bond acceptors (Lipinski definition) is 4. The van der Waals surface area contributed by atoms with E-state index in [2.05, 4.69) is 20.9 Å². The van der Waals surface area contributed by atoms with Gasteiger partial charge in [-0.15, -0.1) is 11.3 Å². The van der Waals surface area contributed by atoms with E-state index in [1.807, 2.05) is 0 Å². The van der Waals surface area contributed by atoms with Crippen LogP contribution in [0.4, 0.5) is 0 Å². The van der Waals surface area contributed by atoms with Gasteiger partial charge in [0.25, 0.3) is 0 Å². The molecule has 0 spiro atoms. The summed E-state index contributed by atoms with van der Waals surface area (Å²) in [6.07, 6.45) is -0.512. The molecule has 0 aliphatic carbocycles. The number of halogens is 1. The van der Waals surface area contributed by atoms with Crippen LogP contribution >= 0.6 is 27.3 Å². The number of rotatable bonds is 4. The van der Waals surface area contributed by atoms with Crippen LogP contribution in [0.2, 0.25) is 0 Å². The first kappa shape index (κ1) is 10.6. The number of carboxylic acid groups (broad SMARTS) is 1. The molecule has 1 rings (SSSR count). The fraction of sp³-hybridized carbons (Fsp3) is 0.429. The number of carboxylic acids is 1. The van der Waals surface area contributed by atoms with Gasteiger partial charge < -0.3 is 9.84 Å². The first-order valence-corrected chi connectivity index (χ1v) is 5.16. The van der Waals surface area contributed by atoms with Gasteiger partial charge in [-0.1, -0.05) is 0 Å². The quantitative estimate of drug-likeness (QED) is 0.898. The average molecular weight is 266 g/mol. The maximum Gasteiger partial charge on any atom is 0.333 e. The van der Waals surface area contributed by atoms with Crippen molar-refractivity contribution in [2.45, 2.75) is 12.5 Å². The summed E-state index contributed by atoms with van der Waals surface area (Å²) in [6.45, 7) is 0. The summed E-state index contributed by atoms with van der Waals surface area (Å²) in [5.41, 5.74) is 0.728. The normalized spacial score (nSPS) is 12.8. The molecule has 1 unspecified atom stereocenters. The van der Waals surface area contributed by atoms with Gasteiger partial charge in [0.15, 0.2) is 10.0 Å². The van der Waals surface area contributed by atoms with E-state index < -0.39 is 12.1 Å². The van der Waals surface area contributed by atoms with Crippen LogP contribution in [0.25, 0.3) is 0 Å². The smallest absolute Gasteiger partial charge is 0.333 e. The Morgan fingerprint density at radius 3 is 3.00 bits per heavy atom.